The van der Waals surface area contributed by atoms with Gasteiger partial charge in [-0.2, -0.15) is 5.26 Å². The van der Waals surface area contributed by atoms with E-state index in [0.29, 0.717) is 19.4 Å². The molecule has 0 amide bonds. The van der Waals surface area contributed by atoms with E-state index in [2.05, 4.69) is 4.89 Å². The van der Waals surface area contributed by atoms with Crippen LogP contribution in [0.25, 0.3) is 0 Å². The van der Waals surface area contributed by atoms with Gasteiger partial charge in [-0.1, -0.05) is 6.92 Å². The zero-order valence-corrected chi connectivity index (χ0v) is 17.8. The van der Waals surface area contributed by atoms with Gasteiger partial charge < -0.3 is 19.1 Å². The maximum atomic E-state index is 12.9. The molecule has 8 nitrogen and oxygen atoms in total. The normalized spacial score (nSPS) is 21.8. The van der Waals surface area contributed by atoms with E-state index in [4.69, 9.17) is 19.5 Å². The Labute approximate surface area is 166 Å². The first-order valence-corrected chi connectivity index (χ1v) is 9.71. The van der Waals surface area contributed by atoms with Gasteiger partial charge in [-0.25, -0.2) is 4.79 Å². The first kappa shape index (κ1) is 24.4. The number of ether oxygens (including phenoxy) is 3. The Morgan fingerprint density at radius 3 is 2.11 bits per heavy atom. The molecule has 0 saturated carbocycles. The molecular formula is C20H34O8. The van der Waals surface area contributed by atoms with Gasteiger partial charge in [0.2, 0.25) is 6.29 Å². The molecule has 0 aromatic rings. The molecule has 1 rings (SSSR count). The quantitative estimate of drug-likeness (QED) is 0.270. The highest BCUT2D eigenvalue weighted by Gasteiger charge is 2.50. The number of rotatable bonds is 9. The lowest BCUT2D eigenvalue weighted by atomic mass is 9.65. The Hall–Kier alpha value is -1.67. The first-order valence-electron chi connectivity index (χ1n) is 9.71. The first-order chi connectivity index (χ1) is 12.9. The summed E-state index contributed by atoms with van der Waals surface area (Å²) in [6, 6.07) is 0. The molecule has 0 bridgehead atoms. The zero-order chi connectivity index (χ0) is 21.6. The number of carbonyl (C=O) groups is 3. The standard InChI is InChI=1S/C20H34O8/c1-7-19(4,17(23)27-14-10-8-9-11-26-14)13-20(5,16(22)25-6)12-18(2,3)15(21)28-24/h14,24H,7-13H2,1-6H3. The van der Waals surface area contributed by atoms with Crippen LogP contribution in [0.3, 0.4) is 0 Å². The van der Waals surface area contributed by atoms with Crippen LogP contribution in [-0.4, -0.2) is 43.2 Å². The van der Waals surface area contributed by atoms with E-state index >= 15 is 0 Å². The summed E-state index contributed by atoms with van der Waals surface area (Å²) in [5.41, 5.74) is -3.32. The van der Waals surface area contributed by atoms with Gasteiger partial charge in [0.1, 0.15) is 0 Å². The highest BCUT2D eigenvalue weighted by molar-refractivity contribution is 5.82. The lowest BCUT2D eigenvalue weighted by Gasteiger charge is -2.39. The van der Waals surface area contributed by atoms with Crippen LogP contribution in [-0.2, 0) is 33.5 Å². The predicted octanol–water partition coefficient (Wildman–Crippen LogP) is 3.47. The minimum absolute atomic E-state index is 0.0227. The number of carbonyl (C=O) groups excluding carboxylic acids is 3. The summed E-state index contributed by atoms with van der Waals surface area (Å²) in [4.78, 5) is 41.3. The van der Waals surface area contributed by atoms with Crippen LogP contribution in [0.1, 0.15) is 73.1 Å². The van der Waals surface area contributed by atoms with Gasteiger partial charge in [-0.15, -0.1) is 0 Å². The molecule has 162 valence electrons. The van der Waals surface area contributed by atoms with Crippen molar-refractivity contribution in [3.05, 3.63) is 0 Å². The fourth-order valence-corrected chi connectivity index (χ4v) is 3.89. The largest absolute Gasteiger partial charge is 0.469 e. The average Bonchev–Trinajstić information content (AvgIpc) is 2.66. The van der Waals surface area contributed by atoms with Crippen molar-refractivity contribution in [3.8, 4) is 0 Å². The van der Waals surface area contributed by atoms with E-state index in [1.165, 1.54) is 7.11 Å². The van der Waals surface area contributed by atoms with Crippen LogP contribution in [0.2, 0.25) is 0 Å². The van der Waals surface area contributed by atoms with Crippen LogP contribution in [0, 0.1) is 16.2 Å². The second kappa shape index (κ2) is 9.69. The Balaban J connectivity index is 3.06. The molecule has 0 aliphatic carbocycles. The number of hydrogen-bond donors (Lipinski definition) is 1. The molecule has 0 aromatic heterocycles. The van der Waals surface area contributed by atoms with Gasteiger partial charge in [0, 0.05) is 6.42 Å². The van der Waals surface area contributed by atoms with Crippen LogP contribution < -0.4 is 0 Å². The smallest absolute Gasteiger partial charge is 0.347 e. The van der Waals surface area contributed by atoms with Crippen LogP contribution in [0.4, 0.5) is 0 Å². The molecule has 0 spiro atoms. The van der Waals surface area contributed by atoms with Crippen molar-refractivity contribution in [2.75, 3.05) is 13.7 Å². The molecule has 1 saturated heterocycles. The molecule has 1 N–H and O–H groups in total. The number of methoxy groups -OCH3 is 1. The summed E-state index contributed by atoms with van der Waals surface area (Å²) < 4.78 is 16.0. The van der Waals surface area contributed by atoms with Gasteiger partial charge in [-0.05, 0) is 59.8 Å². The Morgan fingerprint density at radius 1 is 1.00 bits per heavy atom. The second-order valence-electron chi connectivity index (χ2n) is 8.78. The van der Waals surface area contributed by atoms with Crippen LogP contribution in [0.15, 0.2) is 0 Å². The number of esters is 2. The van der Waals surface area contributed by atoms with E-state index in [1.54, 1.807) is 27.7 Å². The second-order valence-corrected chi connectivity index (χ2v) is 8.78. The maximum Gasteiger partial charge on any atom is 0.347 e. The van der Waals surface area contributed by atoms with E-state index in [1.807, 2.05) is 6.92 Å². The summed E-state index contributed by atoms with van der Waals surface area (Å²) >= 11 is 0. The molecule has 8 heteroatoms. The summed E-state index contributed by atoms with van der Waals surface area (Å²) in [7, 11) is 1.26. The monoisotopic (exact) mass is 402 g/mol. The van der Waals surface area contributed by atoms with Gasteiger partial charge in [0.05, 0.1) is 30.0 Å². The number of hydrogen-bond acceptors (Lipinski definition) is 8. The lowest BCUT2D eigenvalue weighted by molar-refractivity contribution is -0.245. The third kappa shape index (κ3) is 5.91. The van der Waals surface area contributed by atoms with Crippen molar-refractivity contribution in [2.24, 2.45) is 16.2 Å². The predicted molar refractivity (Wildman–Crippen MR) is 99.9 cm³/mol. The van der Waals surface area contributed by atoms with E-state index in [9.17, 15) is 14.4 Å². The highest BCUT2D eigenvalue weighted by atomic mass is 17.1. The Kier molecular flexibility index (Phi) is 8.44. The Morgan fingerprint density at radius 2 is 1.64 bits per heavy atom. The molecule has 3 atom stereocenters. The molecule has 0 radical (unpaired) electrons. The van der Waals surface area contributed by atoms with E-state index in [0.717, 1.165) is 12.8 Å². The van der Waals surface area contributed by atoms with Crippen LogP contribution in [0.5, 0.6) is 0 Å². The minimum Gasteiger partial charge on any atom is -0.469 e. The van der Waals surface area contributed by atoms with Gasteiger partial charge in [0.25, 0.3) is 0 Å². The summed E-state index contributed by atoms with van der Waals surface area (Å²) in [6.45, 7) is 8.89. The molecule has 1 aliphatic rings. The van der Waals surface area contributed by atoms with Gasteiger partial charge in [0.15, 0.2) is 0 Å². The highest BCUT2D eigenvalue weighted by Crippen LogP contribution is 2.45. The Bertz CT molecular complexity index is 567. The third-order valence-corrected chi connectivity index (χ3v) is 5.58. The minimum atomic E-state index is -1.18. The average molecular weight is 402 g/mol. The zero-order valence-electron chi connectivity index (χ0n) is 17.8. The lowest BCUT2D eigenvalue weighted by Crippen LogP contribution is -2.44. The van der Waals surface area contributed by atoms with Crippen LogP contribution >= 0.6 is 0 Å². The van der Waals surface area contributed by atoms with Crippen molar-refractivity contribution >= 4 is 17.9 Å². The van der Waals surface area contributed by atoms with Crippen molar-refractivity contribution in [1.82, 2.24) is 0 Å². The summed E-state index contributed by atoms with van der Waals surface area (Å²) in [5, 5.41) is 8.76. The summed E-state index contributed by atoms with van der Waals surface area (Å²) in [5.74, 6) is -1.86. The van der Waals surface area contributed by atoms with Gasteiger partial charge in [-0.3, -0.25) is 9.59 Å². The van der Waals surface area contributed by atoms with Crippen molar-refractivity contribution in [2.45, 2.75) is 79.4 Å². The van der Waals surface area contributed by atoms with Crippen molar-refractivity contribution < 1.29 is 38.7 Å². The van der Waals surface area contributed by atoms with Crippen molar-refractivity contribution in [3.63, 3.8) is 0 Å². The molecule has 3 unspecified atom stereocenters. The molecule has 0 aromatic carbocycles. The molecule has 28 heavy (non-hydrogen) atoms. The van der Waals surface area contributed by atoms with Crippen molar-refractivity contribution in [1.29, 1.82) is 0 Å². The third-order valence-electron chi connectivity index (χ3n) is 5.58. The van der Waals surface area contributed by atoms with E-state index in [-0.39, 0.29) is 12.8 Å². The summed E-state index contributed by atoms with van der Waals surface area (Å²) in [6.07, 6.45) is 2.50. The molecule has 1 heterocycles. The fourth-order valence-electron chi connectivity index (χ4n) is 3.89. The SMILES string of the molecule is CCC(C)(CC(C)(CC(C)(C)C(=O)OO)C(=O)OC)C(=O)OC1CCCCO1. The molecule has 1 fully saturated rings. The van der Waals surface area contributed by atoms with E-state index < -0.39 is 40.4 Å². The topological polar surface area (TPSA) is 108 Å². The fraction of sp³-hybridized carbons (Fsp3) is 0.850. The molecular weight excluding hydrogens is 368 g/mol. The van der Waals surface area contributed by atoms with Gasteiger partial charge >= 0.3 is 17.9 Å². The maximum absolute atomic E-state index is 12.9. The molecule has 1 aliphatic heterocycles.